The average Bonchev–Trinajstić information content (AvgIpc) is 1.82. The summed E-state index contributed by atoms with van der Waals surface area (Å²) in [6.07, 6.45) is 2.89. The van der Waals surface area contributed by atoms with Crippen molar-refractivity contribution in [3.05, 3.63) is 12.2 Å². The van der Waals surface area contributed by atoms with Gasteiger partial charge in [0.25, 0.3) is 0 Å². The van der Waals surface area contributed by atoms with Crippen LogP contribution in [0.15, 0.2) is 12.2 Å². The van der Waals surface area contributed by atoms with Crippen molar-refractivity contribution in [1.82, 2.24) is 4.90 Å². The van der Waals surface area contributed by atoms with E-state index in [4.69, 9.17) is 5.11 Å². The SMILES string of the molecule is CC(/C=C/C(=O)O)CN(C)C. The van der Waals surface area contributed by atoms with Gasteiger partial charge in [-0.25, -0.2) is 4.79 Å². The summed E-state index contributed by atoms with van der Waals surface area (Å²) in [6, 6.07) is 0. The fraction of sp³-hybridized carbons (Fsp3) is 0.625. The predicted molar refractivity (Wildman–Crippen MR) is 44.5 cm³/mol. The van der Waals surface area contributed by atoms with Crippen LogP contribution < -0.4 is 0 Å². The maximum Gasteiger partial charge on any atom is 0.327 e. The van der Waals surface area contributed by atoms with Gasteiger partial charge >= 0.3 is 5.97 Å². The Morgan fingerprint density at radius 1 is 1.64 bits per heavy atom. The largest absolute Gasteiger partial charge is 0.478 e. The minimum absolute atomic E-state index is 0.293. The van der Waals surface area contributed by atoms with Crippen LogP contribution in [0.4, 0.5) is 0 Å². The van der Waals surface area contributed by atoms with Crippen LogP contribution >= 0.6 is 0 Å². The number of aliphatic carboxylic acids is 1. The van der Waals surface area contributed by atoms with Gasteiger partial charge in [0.2, 0.25) is 0 Å². The van der Waals surface area contributed by atoms with Crippen LogP contribution in [0.2, 0.25) is 0 Å². The molecule has 11 heavy (non-hydrogen) atoms. The fourth-order valence-electron chi connectivity index (χ4n) is 0.883. The molecule has 0 amide bonds. The number of carboxylic acid groups (broad SMARTS) is 1. The Morgan fingerprint density at radius 3 is 2.55 bits per heavy atom. The third-order valence-corrected chi connectivity index (χ3v) is 1.22. The van der Waals surface area contributed by atoms with Crippen molar-refractivity contribution < 1.29 is 9.90 Å². The lowest BCUT2D eigenvalue weighted by Crippen LogP contribution is -2.18. The van der Waals surface area contributed by atoms with E-state index in [-0.39, 0.29) is 0 Å². The molecule has 1 atom stereocenters. The van der Waals surface area contributed by atoms with Crippen LogP contribution in [0.3, 0.4) is 0 Å². The molecule has 0 radical (unpaired) electrons. The molecule has 0 saturated heterocycles. The van der Waals surface area contributed by atoms with Gasteiger partial charge in [0.1, 0.15) is 0 Å². The Kier molecular flexibility index (Phi) is 4.54. The first-order valence-corrected chi connectivity index (χ1v) is 3.58. The molecule has 3 heteroatoms. The maximum absolute atomic E-state index is 10.1. The minimum Gasteiger partial charge on any atom is -0.478 e. The highest BCUT2D eigenvalue weighted by Gasteiger charge is 1.98. The first-order valence-electron chi connectivity index (χ1n) is 3.58. The molecule has 0 aromatic heterocycles. The summed E-state index contributed by atoms with van der Waals surface area (Å²) in [4.78, 5) is 12.1. The third kappa shape index (κ3) is 7.06. The lowest BCUT2D eigenvalue weighted by Gasteiger charge is -2.12. The van der Waals surface area contributed by atoms with Gasteiger partial charge in [-0.15, -0.1) is 0 Å². The number of rotatable bonds is 4. The monoisotopic (exact) mass is 157 g/mol. The van der Waals surface area contributed by atoms with Crippen molar-refractivity contribution in [3.63, 3.8) is 0 Å². The number of hydrogen-bond acceptors (Lipinski definition) is 2. The van der Waals surface area contributed by atoms with Gasteiger partial charge in [0.15, 0.2) is 0 Å². The summed E-state index contributed by atoms with van der Waals surface area (Å²) in [5, 5.41) is 8.30. The van der Waals surface area contributed by atoms with E-state index in [1.807, 2.05) is 25.9 Å². The van der Waals surface area contributed by atoms with Crippen molar-refractivity contribution in [2.45, 2.75) is 6.92 Å². The molecule has 0 aromatic rings. The van der Waals surface area contributed by atoms with Crippen LogP contribution in [0.1, 0.15) is 6.92 Å². The van der Waals surface area contributed by atoms with Crippen LogP contribution in [0, 0.1) is 5.92 Å². The second kappa shape index (κ2) is 4.91. The Bertz CT molecular complexity index is 152. The molecule has 0 spiro atoms. The molecule has 0 aliphatic rings. The van der Waals surface area contributed by atoms with Crippen molar-refractivity contribution >= 4 is 5.97 Å². The van der Waals surface area contributed by atoms with Crippen LogP contribution in [0.25, 0.3) is 0 Å². The zero-order chi connectivity index (χ0) is 8.85. The second-order valence-electron chi connectivity index (χ2n) is 2.94. The van der Waals surface area contributed by atoms with Crippen molar-refractivity contribution in [2.75, 3.05) is 20.6 Å². The summed E-state index contributed by atoms with van der Waals surface area (Å²) in [5.74, 6) is -0.586. The number of carboxylic acids is 1. The topological polar surface area (TPSA) is 40.5 Å². The van der Waals surface area contributed by atoms with Gasteiger partial charge in [0.05, 0.1) is 0 Å². The van der Waals surface area contributed by atoms with Gasteiger partial charge < -0.3 is 10.0 Å². The smallest absolute Gasteiger partial charge is 0.327 e. The zero-order valence-electron chi connectivity index (χ0n) is 7.24. The normalized spacial score (nSPS) is 14.2. The minimum atomic E-state index is -0.879. The highest BCUT2D eigenvalue weighted by Crippen LogP contribution is 1.97. The van der Waals surface area contributed by atoms with E-state index in [0.717, 1.165) is 6.54 Å². The molecule has 1 unspecified atom stereocenters. The van der Waals surface area contributed by atoms with Gasteiger partial charge in [-0.05, 0) is 20.0 Å². The number of hydrogen-bond donors (Lipinski definition) is 1. The van der Waals surface area contributed by atoms with E-state index in [0.29, 0.717) is 5.92 Å². The highest BCUT2D eigenvalue weighted by atomic mass is 16.4. The Hall–Kier alpha value is -0.830. The van der Waals surface area contributed by atoms with E-state index in [1.54, 1.807) is 6.08 Å². The zero-order valence-corrected chi connectivity index (χ0v) is 7.24. The Balaban J connectivity index is 3.68. The molecular weight excluding hydrogens is 142 g/mol. The summed E-state index contributed by atoms with van der Waals surface area (Å²) in [7, 11) is 3.93. The molecule has 3 nitrogen and oxygen atoms in total. The van der Waals surface area contributed by atoms with E-state index >= 15 is 0 Å². The standard InChI is InChI=1S/C8H15NO2/c1-7(6-9(2)3)4-5-8(10)11/h4-5,7H,6H2,1-3H3,(H,10,11)/b5-4+. The molecule has 0 heterocycles. The predicted octanol–water partition coefficient (Wildman–Crippen LogP) is 0.825. The molecule has 1 N–H and O–H groups in total. The molecule has 0 fully saturated rings. The number of carbonyl (C=O) groups is 1. The lowest BCUT2D eigenvalue weighted by atomic mass is 10.1. The molecule has 0 aliphatic heterocycles. The maximum atomic E-state index is 10.1. The molecule has 0 aliphatic carbocycles. The fourth-order valence-corrected chi connectivity index (χ4v) is 0.883. The van der Waals surface area contributed by atoms with Gasteiger partial charge in [-0.3, -0.25) is 0 Å². The van der Waals surface area contributed by atoms with Crippen LogP contribution in [0.5, 0.6) is 0 Å². The van der Waals surface area contributed by atoms with E-state index in [1.165, 1.54) is 6.08 Å². The average molecular weight is 157 g/mol. The van der Waals surface area contributed by atoms with Crippen LogP contribution in [-0.4, -0.2) is 36.6 Å². The molecule has 0 rings (SSSR count). The lowest BCUT2D eigenvalue weighted by molar-refractivity contribution is -0.131. The molecule has 0 bridgehead atoms. The summed E-state index contributed by atoms with van der Waals surface area (Å²) in [6.45, 7) is 2.86. The summed E-state index contributed by atoms with van der Waals surface area (Å²) in [5.41, 5.74) is 0. The number of nitrogens with zero attached hydrogens (tertiary/aromatic N) is 1. The van der Waals surface area contributed by atoms with Gasteiger partial charge in [-0.1, -0.05) is 13.0 Å². The van der Waals surface area contributed by atoms with Crippen LogP contribution in [-0.2, 0) is 4.79 Å². The van der Waals surface area contributed by atoms with E-state index < -0.39 is 5.97 Å². The highest BCUT2D eigenvalue weighted by molar-refractivity contribution is 5.79. The first kappa shape index (κ1) is 10.2. The Labute approximate surface area is 67.3 Å². The molecule has 0 aromatic carbocycles. The molecule has 64 valence electrons. The van der Waals surface area contributed by atoms with E-state index in [9.17, 15) is 4.79 Å². The van der Waals surface area contributed by atoms with Gasteiger partial charge in [-0.2, -0.15) is 0 Å². The van der Waals surface area contributed by atoms with Gasteiger partial charge in [0, 0.05) is 12.6 Å². The summed E-state index contributed by atoms with van der Waals surface area (Å²) >= 11 is 0. The molecule has 0 saturated carbocycles. The van der Waals surface area contributed by atoms with Crippen molar-refractivity contribution in [3.8, 4) is 0 Å². The van der Waals surface area contributed by atoms with Crippen molar-refractivity contribution in [1.29, 1.82) is 0 Å². The summed E-state index contributed by atoms with van der Waals surface area (Å²) < 4.78 is 0. The van der Waals surface area contributed by atoms with E-state index in [2.05, 4.69) is 0 Å². The quantitative estimate of drug-likeness (QED) is 0.614. The van der Waals surface area contributed by atoms with Crippen molar-refractivity contribution in [2.24, 2.45) is 5.92 Å². The Morgan fingerprint density at radius 2 is 2.18 bits per heavy atom. The first-order chi connectivity index (χ1) is 5.02. The molecular formula is C8H15NO2. The second-order valence-corrected chi connectivity index (χ2v) is 2.94. The third-order valence-electron chi connectivity index (χ3n) is 1.22.